The molecule has 2 aromatic heterocycles. The number of aromatic nitrogens is 3. The topological polar surface area (TPSA) is 100 Å². The van der Waals surface area contributed by atoms with Gasteiger partial charge < -0.3 is 15.3 Å². The summed E-state index contributed by atoms with van der Waals surface area (Å²) in [6, 6.07) is 12.4. The van der Waals surface area contributed by atoms with E-state index >= 15 is 0 Å². The number of carbonyl (C=O) groups excluding carboxylic acids is 1. The van der Waals surface area contributed by atoms with Crippen molar-refractivity contribution in [3.8, 4) is 0 Å². The third-order valence-electron chi connectivity index (χ3n) is 7.61. The molecule has 8 nitrogen and oxygen atoms in total. The lowest BCUT2D eigenvalue weighted by molar-refractivity contribution is -0.142. The fraction of sp³-hybridized carbons (Fsp3) is 0.533. The number of pyridine rings is 1. The maximum atomic E-state index is 12.2. The molecule has 2 N–H and O–H groups in total. The monoisotopic (exact) mass is 519 g/mol. The molecule has 4 rings (SSSR count). The summed E-state index contributed by atoms with van der Waals surface area (Å²) < 4.78 is 1.82. The smallest absolute Gasteiger partial charge is 0.306 e. The van der Waals surface area contributed by atoms with Gasteiger partial charge in [0.15, 0.2) is 0 Å². The number of nitrogens with zero attached hydrogens (tertiary/aromatic N) is 4. The first-order valence-electron chi connectivity index (χ1n) is 14.0. The molecule has 8 heteroatoms. The fourth-order valence-corrected chi connectivity index (χ4v) is 5.46. The summed E-state index contributed by atoms with van der Waals surface area (Å²) in [5.74, 6) is -1.36. The van der Waals surface area contributed by atoms with Gasteiger partial charge in [0.05, 0.1) is 17.1 Å². The molecule has 0 saturated heterocycles. The molecule has 0 saturated carbocycles. The number of para-hydroxylation sites is 1. The molecule has 0 spiro atoms. The number of hydrogen-bond acceptors (Lipinski definition) is 5. The molecule has 204 valence electrons. The summed E-state index contributed by atoms with van der Waals surface area (Å²) in [5.41, 5.74) is 5.71. The number of nitrogens with one attached hydrogen (secondary N) is 1. The van der Waals surface area contributed by atoms with Crippen LogP contribution in [-0.2, 0) is 42.3 Å². The van der Waals surface area contributed by atoms with Gasteiger partial charge in [0.25, 0.3) is 0 Å². The Kier molecular flexibility index (Phi) is 9.87. The van der Waals surface area contributed by atoms with Crippen molar-refractivity contribution in [3.05, 3.63) is 59.0 Å². The SMILES string of the molecule is CC(=O)NCCN(CCCCc1ccc2c(n1)CCCC2)CC[C@H](Cc1nn(C)c2ccccc12)C(=O)O. The average molecular weight is 520 g/mol. The first-order valence-corrected chi connectivity index (χ1v) is 14.0. The Labute approximate surface area is 225 Å². The van der Waals surface area contributed by atoms with Gasteiger partial charge in [0, 0.05) is 50.3 Å². The molecule has 1 aliphatic rings. The highest BCUT2D eigenvalue weighted by Gasteiger charge is 2.22. The Bertz CT molecular complexity index is 1240. The maximum Gasteiger partial charge on any atom is 0.306 e. The normalized spacial score (nSPS) is 14.0. The van der Waals surface area contributed by atoms with Crippen LogP contribution >= 0.6 is 0 Å². The Morgan fingerprint density at radius 3 is 2.71 bits per heavy atom. The zero-order valence-electron chi connectivity index (χ0n) is 22.8. The van der Waals surface area contributed by atoms with Crippen LogP contribution in [0.5, 0.6) is 0 Å². The minimum Gasteiger partial charge on any atom is -0.481 e. The van der Waals surface area contributed by atoms with Crippen molar-refractivity contribution in [2.75, 3.05) is 26.2 Å². The van der Waals surface area contributed by atoms with Crippen molar-refractivity contribution in [1.82, 2.24) is 25.0 Å². The number of fused-ring (bicyclic) bond motifs is 2. The van der Waals surface area contributed by atoms with Crippen LogP contribution in [0.1, 0.15) is 61.7 Å². The van der Waals surface area contributed by atoms with Crippen molar-refractivity contribution >= 4 is 22.8 Å². The molecule has 0 fully saturated rings. The number of aryl methyl sites for hydroxylation is 4. The van der Waals surface area contributed by atoms with Crippen molar-refractivity contribution in [3.63, 3.8) is 0 Å². The highest BCUT2D eigenvalue weighted by Crippen LogP contribution is 2.23. The molecule has 1 atom stereocenters. The van der Waals surface area contributed by atoms with E-state index in [1.807, 2.05) is 36.0 Å². The van der Waals surface area contributed by atoms with Gasteiger partial charge in [0.2, 0.25) is 5.91 Å². The molecule has 2 heterocycles. The van der Waals surface area contributed by atoms with E-state index in [0.717, 1.165) is 55.2 Å². The molecule has 1 aliphatic carbocycles. The van der Waals surface area contributed by atoms with Gasteiger partial charge in [-0.2, -0.15) is 5.10 Å². The van der Waals surface area contributed by atoms with Crippen LogP contribution in [0.15, 0.2) is 36.4 Å². The number of amides is 1. The quantitative estimate of drug-likeness (QED) is 0.313. The number of benzene rings is 1. The minimum absolute atomic E-state index is 0.0473. The molecular weight excluding hydrogens is 478 g/mol. The van der Waals surface area contributed by atoms with E-state index in [1.54, 1.807) is 0 Å². The number of carbonyl (C=O) groups is 2. The molecule has 1 aromatic carbocycles. The van der Waals surface area contributed by atoms with Crippen molar-refractivity contribution < 1.29 is 14.7 Å². The van der Waals surface area contributed by atoms with Crippen LogP contribution in [0.3, 0.4) is 0 Å². The Morgan fingerprint density at radius 2 is 1.89 bits per heavy atom. The Morgan fingerprint density at radius 1 is 1.08 bits per heavy atom. The average Bonchev–Trinajstić information content (AvgIpc) is 3.23. The van der Waals surface area contributed by atoms with Gasteiger partial charge in [-0.1, -0.05) is 24.3 Å². The summed E-state index contributed by atoms with van der Waals surface area (Å²) in [5, 5.41) is 18.5. The van der Waals surface area contributed by atoms with E-state index in [4.69, 9.17) is 4.98 Å². The lowest BCUT2D eigenvalue weighted by atomic mass is 9.95. The van der Waals surface area contributed by atoms with Crippen molar-refractivity contribution in [2.24, 2.45) is 13.0 Å². The maximum absolute atomic E-state index is 12.2. The van der Waals surface area contributed by atoms with E-state index < -0.39 is 11.9 Å². The van der Waals surface area contributed by atoms with Crippen molar-refractivity contribution in [1.29, 1.82) is 0 Å². The van der Waals surface area contributed by atoms with E-state index in [2.05, 4.69) is 27.4 Å². The molecule has 0 aliphatic heterocycles. The molecular formula is C30H41N5O3. The Balaban J connectivity index is 1.31. The number of carboxylic acid groups (broad SMARTS) is 1. The third-order valence-corrected chi connectivity index (χ3v) is 7.61. The van der Waals surface area contributed by atoms with E-state index in [1.165, 1.54) is 36.7 Å². The minimum atomic E-state index is -0.792. The van der Waals surface area contributed by atoms with Crippen LogP contribution in [-0.4, -0.2) is 62.8 Å². The van der Waals surface area contributed by atoms with E-state index in [-0.39, 0.29) is 5.91 Å². The molecule has 0 radical (unpaired) electrons. The van der Waals surface area contributed by atoms with Crippen LogP contribution in [0.2, 0.25) is 0 Å². The predicted octanol–water partition coefficient (Wildman–Crippen LogP) is 3.94. The number of aliphatic carboxylic acids is 1. The molecule has 0 unspecified atom stereocenters. The number of unbranched alkanes of at least 4 members (excludes halogenated alkanes) is 1. The van der Waals surface area contributed by atoms with Crippen LogP contribution in [0, 0.1) is 5.92 Å². The first-order chi connectivity index (χ1) is 18.4. The largest absolute Gasteiger partial charge is 0.481 e. The van der Waals surface area contributed by atoms with Gasteiger partial charge in [0.1, 0.15) is 0 Å². The van der Waals surface area contributed by atoms with Gasteiger partial charge in [-0.25, -0.2) is 0 Å². The van der Waals surface area contributed by atoms with Crippen molar-refractivity contribution in [2.45, 2.75) is 64.7 Å². The van der Waals surface area contributed by atoms with Gasteiger partial charge >= 0.3 is 5.97 Å². The second-order valence-corrected chi connectivity index (χ2v) is 10.5. The molecule has 38 heavy (non-hydrogen) atoms. The number of carboxylic acids is 1. The van der Waals surface area contributed by atoms with E-state index in [9.17, 15) is 14.7 Å². The zero-order valence-corrected chi connectivity index (χ0v) is 22.8. The lowest BCUT2D eigenvalue weighted by Gasteiger charge is -2.24. The lowest BCUT2D eigenvalue weighted by Crippen LogP contribution is -2.36. The summed E-state index contributed by atoms with van der Waals surface area (Å²) in [7, 11) is 1.89. The summed E-state index contributed by atoms with van der Waals surface area (Å²) in [4.78, 5) is 30.7. The summed E-state index contributed by atoms with van der Waals surface area (Å²) >= 11 is 0. The highest BCUT2D eigenvalue weighted by molar-refractivity contribution is 5.82. The molecule has 0 bridgehead atoms. The summed E-state index contributed by atoms with van der Waals surface area (Å²) in [6.45, 7) is 4.31. The van der Waals surface area contributed by atoms with Crippen LogP contribution in [0.25, 0.3) is 10.9 Å². The molecule has 3 aromatic rings. The second-order valence-electron chi connectivity index (χ2n) is 10.5. The zero-order chi connectivity index (χ0) is 26.9. The van der Waals surface area contributed by atoms with Gasteiger partial charge in [-0.05, 0) is 82.2 Å². The number of rotatable bonds is 14. The van der Waals surface area contributed by atoms with Crippen LogP contribution in [0.4, 0.5) is 0 Å². The molecule has 1 amide bonds. The predicted molar refractivity (Wildman–Crippen MR) is 149 cm³/mol. The standard InChI is InChI=1S/C30H41N5O3/c1-22(36)31-17-20-35(18-8-7-10-25-15-14-23-9-3-5-12-27(23)32-25)19-16-24(30(37)38)21-28-26-11-4-6-13-29(26)34(2)33-28/h4,6,11,13-15,24H,3,5,7-10,12,16-21H2,1-2H3,(H,31,36)(H,37,38)/t24-/m1/s1. The fourth-order valence-electron chi connectivity index (χ4n) is 5.46. The van der Waals surface area contributed by atoms with Gasteiger partial charge in [-0.15, -0.1) is 0 Å². The third kappa shape index (κ3) is 7.63. The van der Waals surface area contributed by atoms with Crippen LogP contribution < -0.4 is 5.32 Å². The summed E-state index contributed by atoms with van der Waals surface area (Å²) in [6.07, 6.45) is 8.68. The Hall–Kier alpha value is -3.26. The van der Waals surface area contributed by atoms with Gasteiger partial charge in [-0.3, -0.25) is 19.3 Å². The number of hydrogen-bond donors (Lipinski definition) is 2. The highest BCUT2D eigenvalue weighted by atomic mass is 16.4. The second kappa shape index (κ2) is 13.5. The van der Waals surface area contributed by atoms with E-state index in [0.29, 0.717) is 32.5 Å². The first kappa shape index (κ1) is 27.8.